The zero-order valence-corrected chi connectivity index (χ0v) is 10.3. The van der Waals surface area contributed by atoms with E-state index in [0.29, 0.717) is 5.69 Å². The van der Waals surface area contributed by atoms with E-state index in [-0.39, 0.29) is 24.0 Å². The molecule has 0 aliphatic carbocycles. The van der Waals surface area contributed by atoms with Crippen LogP contribution in [0.25, 0.3) is 0 Å². The topological polar surface area (TPSA) is 75.6 Å². The van der Waals surface area contributed by atoms with Crippen molar-refractivity contribution in [3.63, 3.8) is 0 Å². The first-order valence-corrected chi connectivity index (χ1v) is 5.71. The highest BCUT2D eigenvalue weighted by atomic mass is 16.6. The summed E-state index contributed by atoms with van der Waals surface area (Å²) in [6, 6.07) is 6.45. The summed E-state index contributed by atoms with van der Waals surface area (Å²) in [5.41, 5.74) is -0.483. The molecule has 1 unspecified atom stereocenters. The number of hydrogen-bond donors (Lipinski definition) is 2. The van der Waals surface area contributed by atoms with E-state index in [2.05, 4.69) is 5.32 Å². The summed E-state index contributed by atoms with van der Waals surface area (Å²) in [5, 5.41) is 12.2. The molecule has 1 aliphatic rings. The van der Waals surface area contributed by atoms with Gasteiger partial charge < -0.3 is 15.2 Å². The number of cyclic esters (lactones) is 1. The summed E-state index contributed by atoms with van der Waals surface area (Å²) in [6.07, 6.45) is 0.0619. The van der Waals surface area contributed by atoms with Crippen molar-refractivity contribution in [3.8, 4) is 5.75 Å². The normalized spacial score (nSPS) is 21.4. The lowest BCUT2D eigenvalue weighted by molar-refractivity contribution is -0.147. The van der Waals surface area contributed by atoms with E-state index in [9.17, 15) is 14.7 Å². The number of nitrogens with one attached hydrogen (secondary N) is 1. The van der Waals surface area contributed by atoms with Gasteiger partial charge in [-0.2, -0.15) is 0 Å². The predicted octanol–water partition coefficient (Wildman–Crippen LogP) is 1.67. The maximum absolute atomic E-state index is 12.1. The first-order chi connectivity index (χ1) is 8.40. The van der Waals surface area contributed by atoms with Gasteiger partial charge in [-0.25, -0.2) is 0 Å². The molecule has 0 radical (unpaired) electrons. The van der Waals surface area contributed by atoms with Gasteiger partial charge in [0.25, 0.3) is 0 Å². The summed E-state index contributed by atoms with van der Waals surface area (Å²) in [7, 11) is 0. The van der Waals surface area contributed by atoms with E-state index >= 15 is 0 Å². The molecule has 1 aromatic rings. The molecule has 1 heterocycles. The molecule has 5 heteroatoms. The Hall–Kier alpha value is -2.04. The molecule has 1 amide bonds. The molecule has 1 fully saturated rings. The number of carbonyl (C=O) groups is 2. The maximum atomic E-state index is 12.1. The van der Waals surface area contributed by atoms with Gasteiger partial charge in [-0.1, -0.05) is 12.1 Å². The average molecular weight is 249 g/mol. The van der Waals surface area contributed by atoms with Crippen molar-refractivity contribution in [3.05, 3.63) is 24.3 Å². The Balaban J connectivity index is 2.14. The number of benzene rings is 1. The van der Waals surface area contributed by atoms with Crippen LogP contribution >= 0.6 is 0 Å². The maximum Gasteiger partial charge on any atom is 0.307 e. The third kappa shape index (κ3) is 2.30. The van der Waals surface area contributed by atoms with Gasteiger partial charge in [-0.3, -0.25) is 9.59 Å². The summed E-state index contributed by atoms with van der Waals surface area (Å²) >= 11 is 0. The van der Waals surface area contributed by atoms with Crippen LogP contribution in [0, 0.1) is 5.92 Å². The Morgan fingerprint density at radius 1 is 1.44 bits per heavy atom. The monoisotopic (exact) mass is 249 g/mol. The molecule has 2 N–H and O–H groups in total. The number of aromatic hydroxyl groups is 1. The van der Waals surface area contributed by atoms with E-state index in [1.807, 2.05) is 0 Å². The van der Waals surface area contributed by atoms with Crippen molar-refractivity contribution in [2.75, 3.05) is 5.32 Å². The highest BCUT2D eigenvalue weighted by Crippen LogP contribution is 2.34. The minimum absolute atomic E-state index is 0.00565. The summed E-state index contributed by atoms with van der Waals surface area (Å²) in [5.74, 6) is -1.26. The molecule has 0 aromatic heterocycles. The highest BCUT2D eigenvalue weighted by Gasteiger charge is 2.46. The minimum atomic E-state index is -0.814. The third-order valence-electron chi connectivity index (χ3n) is 3.07. The molecule has 1 saturated heterocycles. The SMILES string of the molecule is CC1(C)OC(=O)CC1C(=O)Nc1ccccc1O. The van der Waals surface area contributed by atoms with E-state index in [0.717, 1.165) is 0 Å². The van der Waals surface area contributed by atoms with Crippen molar-refractivity contribution in [1.82, 2.24) is 0 Å². The number of rotatable bonds is 2. The molecule has 0 spiro atoms. The molecule has 5 nitrogen and oxygen atoms in total. The number of esters is 1. The first kappa shape index (κ1) is 12.4. The fraction of sp³-hybridized carbons (Fsp3) is 0.385. The lowest BCUT2D eigenvalue weighted by Crippen LogP contribution is -2.36. The van der Waals surface area contributed by atoms with Crippen LogP contribution in [-0.4, -0.2) is 22.6 Å². The molecule has 0 bridgehead atoms. The Morgan fingerprint density at radius 2 is 2.11 bits per heavy atom. The number of phenols is 1. The van der Waals surface area contributed by atoms with Gasteiger partial charge >= 0.3 is 5.97 Å². The van der Waals surface area contributed by atoms with Crippen molar-refractivity contribution < 1.29 is 19.4 Å². The van der Waals surface area contributed by atoms with Crippen molar-refractivity contribution in [1.29, 1.82) is 0 Å². The van der Waals surface area contributed by atoms with Crippen molar-refractivity contribution in [2.24, 2.45) is 5.92 Å². The van der Waals surface area contributed by atoms with Crippen LogP contribution < -0.4 is 5.32 Å². The lowest BCUT2D eigenvalue weighted by Gasteiger charge is -2.23. The summed E-state index contributed by atoms with van der Waals surface area (Å²) in [6.45, 7) is 3.40. The van der Waals surface area contributed by atoms with Gasteiger partial charge in [0.2, 0.25) is 5.91 Å². The molecule has 2 rings (SSSR count). The Kier molecular flexibility index (Phi) is 2.98. The molecular weight excluding hydrogens is 234 g/mol. The fourth-order valence-electron chi connectivity index (χ4n) is 2.03. The smallest absolute Gasteiger partial charge is 0.307 e. The zero-order valence-electron chi connectivity index (χ0n) is 10.3. The number of phenolic OH excluding ortho intramolecular Hbond substituents is 1. The van der Waals surface area contributed by atoms with Crippen LogP contribution in [0.3, 0.4) is 0 Å². The molecule has 0 saturated carbocycles. The van der Waals surface area contributed by atoms with Crippen molar-refractivity contribution in [2.45, 2.75) is 25.9 Å². The van der Waals surface area contributed by atoms with E-state index < -0.39 is 11.5 Å². The number of anilines is 1. The number of ether oxygens (including phenoxy) is 1. The molecule has 1 aromatic carbocycles. The van der Waals surface area contributed by atoms with Gasteiger partial charge in [0.15, 0.2) is 0 Å². The van der Waals surface area contributed by atoms with Crippen LogP contribution in [0.4, 0.5) is 5.69 Å². The van der Waals surface area contributed by atoms with Crippen LogP contribution in [0.15, 0.2) is 24.3 Å². The van der Waals surface area contributed by atoms with Crippen LogP contribution in [0.1, 0.15) is 20.3 Å². The fourth-order valence-corrected chi connectivity index (χ4v) is 2.03. The number of amides is 1. The van der Waals surface area contributed by atoms with E-state index in [1.54, 1.807) is 32.0 Å². The second kappa shape index (κ2) is 4.33. The second-order valence-electron chi connectivity index (χ2n) is 4.84. The Labute approximate surface area is 105 Å². The number of hydrogen-bond acceptors (Lipinski definition) is 4. The quantitative estimate of drug-likeness (QED) is 0.617. The Morgan fingerprint density at radius 3 is 2.67 bits per heavy atom. The van der Waals surface area contributed by atoms with Gasteiger partial charge in [0.05, 0.1) is 18.0 Å². The highest BCUT2D eigenvalue weighted by molar-refractivity contribution is 5.97. The van der Waals surface area contributed by atoms with E-state index in [4.69, 9.17) is 4.74 Å². The number of carbonyl (C=O) groups excluding carboxylic acids is 2. The largest absolute Gasteiger partial charge is 0.506 e. The molecule has 1 aliphatic heterocycles. The van der Waals surface area contributed by atoms with Crippen LogP contribution in [-0.2, 0) is 14.3 Å². The second-order valence-corrected chi connectivity index (χ2v) is 4.84. The van der Waals surface area contributed by atoms with Crippen molar-refractivity contribution >= 4 is 17.6 Å². The minimum Gasteiger partial charge on any atom is -0.506 e. The number of para-hydroxylation sites is 2. The van der Waals surface area contributed by atoms with E-state index in [1.165, 1.54) is 6.07 Å². The molecular formula is C13H15NO4. The van der Waals surface area contributed by atoms with Gasteiger partial charge in [0.1, 0.15) is 11.4 Å². The summed E-state index contributed by atoms with van der Waals surface area (Å²) < 4.78 is 5.09. The first-order valence-electron chi connectivity index (χ1n) is 5.71. The van der Waals surface area contributed by atoms with Gasteiger partial charge in [0, 0.05) is 0 Å². The van der Waals surface area contributed by atoms with Gasteiger partial charge in [-0.15, -0.1) is 0 Å². The molecule has 18 heavy (non-hydrogen) atoms. The molecule has 1 atom stereocenters. The summed E-state index contributed by atoms with van der Waals surface area (Å²) in [4.78, 5) is 23.3. The average Bonchev–Trinajstić information content (AvgIpc) is 2.55. The zero-order chi connectivity index (χ0) is 13.3. The predicted molar refractivity (Wildman–Crippen MR) is 65.0 cm³/mol. The Bertz CT molecular complexity index is 496. The van der Waals surface area contributed by atoms with Crippen LogP contribution in [0.5, 0.6) is 5.75 Å². The lowest BCUT2D eigenvalue weighted by atomic mass is 9.90. The van der Waals surface area contributed by atoms with Crippen LogP contribution in [0.2, 0.25) is 0 Å². The van der Waals surface area contributed by atoms with Gasteiger partial charge in [-0.05, 0) is 26.0 Å². The third-order valence-corrected chi connectivity index (χ3v) is 3.07. The standard InChI is InChI=1S/C13H15NO4/c1-13(2)8(7-11(16)18-13)12(17)14-9-5-3-4-6-10(9)15/h3-6,8,15H,7H2,1-2H3,(H,14,17). The molecule has 96 valence electrons.